The van der Waals surface area contributed by atoms with Gasteiger partial charge in [0.15, 0.2) is 5.82 Å². The Labute approximate surface area is 161 Å². The third-order valence-corrected chi connectivity index (χ3v) is 6.64. The van der Waals surface area contributed by atoms with Crippen LogP contribution in [0.1, 0.15) is 56.8 Å². The summed E-state index contributed by atoms with van der Waals surface area (Å²) in [7, 11) is -3.11. The molecule has 1 aliphatic carbocycles. The van der Waals surface area contributed by atoms with Crippen LogP contribution in [0, 0.1) is 5.92 Å². The van der Waals surface area contributed by atoms with E-state index in [1.54, 1.807) is 6.92 Å². The number of nitrogens with one attached hydrogen (secondary N) is 2. The van der Waals surface area contributed by atoms with Crippen LogP contribution in [-0.4, -0.2) is 36.9 Å². The number of hydrogen-bond acceptors (Lipinski definition) is 6. The molecular weight excluding hydrogens is 364 g/mol. The topological polar surface area (TPSA) is 97.1 Å². The molecule has 1 fully saturated rings. The summed E-state index contributed by atoms with van der Waals surface area (Å²) in [6.07, 6.45) is 3.88. The van der Waals surface area contributed by atoms with Crippen LogP contribution in [0.2, 0.25) is 0 Å². The lowest BCUT2D eigenvalue weighted by Gasteiger charge is -2.28. The molecule has 2 aromatic rings. The number of benzene rings is 1. The molecule has 3 rings (SSSR count). The van der Waals surface area contributed by atoms with Gasteiger partial charge in [0, 0.05) is 18.5 Å². The predicted molar refractivity (Wildman–Crippen MR) is 105 cm³/mol. The zero-order valence-electron chi connectivity index (χ0n) is 15.9. The Kier molecular flexibility index (Phi) is 6.49. The highest BCUT2D eigenvalue weighted by molar-refractivity contribution is 7.89. The molecule has 0 saturated heterocycles. The SMILES string of the molecule is CCS(=O)(=O)NC[C@H]1CC[C@H](Nc2nc(C(C)c3ccccc3)no2)CC1. The fraction of sp³-hybridized carbons (Fsp3) is 0.579. The summed E-state index contributed by atoms with van der Waals surface area (Å²) in [5, 5.41) is 7.45. The molecule has 0 radical (unpaired) electrons. The van der Waals surface area contributed by atoms with Gasteiger partial charge in [-0.2, -0.15) is 4.98 Å². The van der Waals surface area contributed by atoms with E-state index in [1.165, 1.54) is 0 Å². The van der Waals surface area contributed by atoms with Gasteiger partial charge in [-0.15, -0.1) is 0 Å². The van der Waals surface area contributed by atoms with Gasteiger partial charge in [-0.3, -0.25) is 0 Å². The molecule has 1 aliphatic rings. The van der Waals surface area contributed by atoms with E-state index in [4.69, 9.17) is 4.52 Å². The molecule has 1 atom stereocenters. The summed E-state index contributed by atoms with van der Waals surface area (Å²) in [4.78, 5) is 4.50. The van der Waals surface area contributed by atoms with Gasteiger partial charge in [-0.25, -0.2) is 13.1 Å². The van der Waals surface area contributed by atoms with Crippen molar-refractivity contribution in [3.05, 3.63) is 41.7 Å². The Hall–Kier alpha value is -1.93. The highest BCUT2D eigenvalue weighted by atomic mass is 32.2. The Morgan fingerprint density at radius 3 is 2.56 bits per heavy atom. The van der Waals surface area contributed by atoms with Crippen molar-refractivity contribution in [2.45, 2.75) is 51.5 Å². The molecule has 2 N–H and O–H groups in total. The Morgan fingerprint density at radius 1 is 1.19 bits per heavy atom. The molecule has 0 amide bonds. The zero-order valence-corrected chi connectivity index (χ0v) is 16.7. The Morgan fingerprint density at radius 2 is 1.89 bits per heavy atom. The van der Waals surface area contributed by atoms with Crippen molar-refractivity contribution in [1.29, 1.82) is 0 Å². The number of rotatable bonds is 8. The highest BCUT2D eigenvalue weighted by Gasteiger charge is 2.24. The second kappa shape index (κ2) is 8.84. The standard InChI is InChI=1S/C19H28N4O3S/c1-3-27(24,25)20-13-15-9-11-17(12-10-15)21-19-22-18(23-26-19)14(2)16-7-5-4-6-8-16/h4-8,14-15,17,20H,3,9-13H2,1-2H3,(H,21,22,23)/t14?,15-,17-. The van der Waals surface area contributed by atoms with Crippen molar-refractivity contribution in [2.75, 3.05) is 17.6 Å². The zero-order chi connectivity index (χ0) is 19.3. The van der Waals surface area contributed by atoms with Gasteiger partial charge in [0.25, 0.3) is 0 Å². The normalized spacial score (nSPS) is 21.7. The number of aromatic nitrogens is 2. The van der Waals surface area contributed by atoms with Crippen molar-refractivity contribution in [3.63, 3.8) is 0 Å². The van der Waals surface area contributed by atoms with E-state index < -0.39 is 10.0 Å². The monoisotopic (exact) mass is 392 g/mol. The molecule has 7 nitrogen and oxygen atoms in total. The van der Waals surface area contributed by atoms with Crippen LogP contribution in [0.5, 0.6) is 0 Å². The maximum Gasteiger partial charge on any atom is 0.321 e. The third kappa shape index (κ3) is 5.52. The molecule has 0 aliphatic heterocycles. The van der Waals surface area contributed by atoms with Crippen LogP contribution in [0.15, 0.2) is 34.9 Å². The Bertz CT molecular complexity index is 814. The fourth-order valence-electron chi connectivity index (χ4n) is 3.39. The summed E-state index contributed by atoms with van der Waals surface area (Å²) < 4.78 is 31.2. The van der Waals surface area contributed by atoms with Gasteiger partial charge in [-0.1, -0.05) is 42.4 Å². The van der Waals surface area contributed by atoms with E-state index in [2.05, 4.69) is 39.2 Å². The van der Waals surface area contributed by atoms with Crippen molar-refractivity contribution in [2.24, 2.45) is 5.92 Å². The number of sulfonamides is 1. The quantitative estimate of drug-likeness (QED) is 0.716. The molecule has 1 aromatic heterocycles. The summed E-state index contributed by atoms with van der Waals surface area (Å²) in [6, 6.07) is 10.9. The van der Waals surface area contributed by atoms with Crippen molar-refractivity contribution in [3.8, 4) is 0 Å². The van der Waals surface area contributed by atoms with Crippen LogP contribution in [0.4, 0.5) is 6.01 Å². The van der Waals surface area contributed by atoms with E-state index in [0.29, 0.717) is 24.3 Å². The van der Waals surface area contributed by atoms with Gasteiger partial charge in [0.05, 0.1) is 5.75 Å². The van der Waals surface area contributed by atoms with Gasteiger partial charge >= 0.3 is 6.01 Å². The van der Waals surface area contributed by atoms with E-state index in [1.807, 2.05) is 18.2 Å². The minimum absolute atomic E-state index is 0.0767. The molecular formula is C19H28N4O3S. The summed E-state index contributed by atoms with van der Waals surface area (Å²) in [6.45, 7) is 4.25. The molecule has 1 heterocycles. The van der Waals surface area contributed by atoms with Crippen molar-refractivity contribution >= 4 is 16.0 Å². The molecule has 0 bridgehead atoms. The molecule has 148 valence electrons. The molecule has 1 aromatic carbocycles. The Balaban J connectivity index is 1.48. The first-order chi connectivity index (χ1) is 13.0. The average Bonchev–Trinajstić information content (AvgIpc) is 3.16. The summed E-state index contributed by atoms with van der Waals surface area (Å²) in [5.41, 5.74) is 1.15. The minimum Gasteiger partial charge on any atom is -0.335 e. The van der Waals surface area contributed by atoms with Crippen molar-refractivity contribution < 1.29 is 12.9 Å². The van der Waals surface area contributed by atoms with Crippen LogP contribution in [0.3, 0.4) is 0 Å². The molecule has 1 saturated carbocycles. The first-order valence-electron chi connectivity index (χ1n) is 9.59. The van der Waals surface area contributed by atoms with Crippen LogP contribution in [0.25, 0.3) is 0 Å². The van der Waals surface area contributed by atoms with E-state index in [9.17, 15) is 8.42 Å². The van der Waals surface area contributed by atoms with E-state index >= 15 is 0 Å². The highest BCUT2D eigenvalue weighted by Crippen LogP contribution is 2.27. The van der Waals surface area contributed by atoms with E-state index in [-0.39, 0.29) is 17.7 Å². The smallest absolute Gasteiger partial charge is 0.321 e. The van der Waals surface area contributed by atoms with Gasteiger partial charge < -0.3 is 9.84 Å². The minimum atomic E-state index is -3.11. The summed E-state index contributed by atoms with van der Waals surface area (Å²) >= 11 is 0. The largest absolute Gasteiger partial charge is 0.335 e. The number of nitrogens with zero attached hydrogens (tertiary/aromatic N) is 2. The first kappa shape index (κ1) is 19.8. The van der Waals surface area contributed by atoms with Crippen molar-refractivity contribution in [1.82, 2.24) is 14.9 Å². The number of anilines is 1. The lowest BCUT2D eigenvalue weighted by molar-refractivity contribution is 0.329. The summed E-state index contributed by atoms with van der Waals surface area (Å²) in [5.74, 6) is 1.27. The second-order valence-corrected chi connectivity index (χ2v) is 9.30. The molecule has 1 unspecified atom stereocenters. The van der Waals surface area contributed by atoms with Gasteiger partial charge in [-0.05, 0) is 44.1 Å². The van der Waals surface area contributed by atoms with Crippen LogP contribution >= 0.6 is 0 Å². The lowest BCUT2D eigenvalue weighted by atomic mass is 9.86. The third-order valence-electron chi connectivity index (χ3n) is 5.27. The average molecular weight is 393 g/mol. The van der Waals surface area contributed by atoms with Gasteiger partial charge in [0.1, 0.15) is 0 Å². The lowest BCUT2D eigenvalue weighted by Crippen LogP contribution is -2.34. The molecule has 0 spiro atoms. The van der Waals surface area contributed by atoms with E-state index in [0.717, 1.165) is 31.2 Å². The molecule has 27 heavy (non-hydrogen) atoms. The second-order valence-electron chi connectivity index (χ2n) is 7.20. The molecule has 8 heteroatoms. The van der Waals surface area contributed by atoms with Crippen LogP contribution in [-0.2, 0) is 10.0 Å². The number of hydrogen-bond donors (Lipinski definition) is 2. The van der Waals surface area contributed by atoms with Crippen LogP contribution < -0.4 is 10.0 Å². The predicted octanol–water partition coefficient (Wildman–Crippen LogP) is 3.13. The maximum atomic E-state index is 11.6. The maximum absolute atomic E-state index is 11.6. The fourth-order valence-corrected chi connectivity index (χ4v) is 4.09. The van der Waals surface area contributed by atoms with Gasteiger partial charge in [0.2, 0.25) is 10.0 Å². The first-order valence-corrected chi connectivity index (χ1v) is 11.2.